The van der Waals surface area contributed by atoms with Gasteiger partial charge in [-0.15, -0.1) is 0 Å². The van der Waals surface area contributed by atoms with Gasteiger partial charge in [-0.25, -0.2) is 0 Å². The quantitative estimate of drug-likeness (QED) is 0.588. The Hall–Kier alpha value is -1.33. The van der Waals surface area contributed by atoms with E-state index in [1.165, 1.54) is 13.3 Å². The van der Waals surface area contributed by atoms with Crippen molar-refractivity contribution in [3.8, 4) is 0 Å². The minimum atomic E-state index is -0.159. The molecule has 13 heavy (non-hydrogen) atoms. The molecule has 1 heterocycles. The van der Waals surface area contributed by atoms with Crippen LogP contribution in [0, 0.1) is 0 Å². The lowest BCUT2D eigenvalue weighted by Gasteiger charge is -1.90. The van der Waals surface area contributed by atoms with Gasteiger partial charge >= 0.3 is 0 Å². The number of nitrogens with one attached hydrogen (secondary N) is 1. The second-order valence-corrected chi connectivity index (χ2v) is 2.08. The summed E-state index contributed by atoms with van der Waals surface area (Å²) >= 11 is 0. The highest BCUT2D eigenvalue weighted by Crippen LogP contribution is 2.05. The molecule has 0 aliphatic carbocycles. The van der Waals surface area contributed by atoms with E-state index < -0.39 is 0 Å². The van der Waals surface area contributed by atoms with Gasteiger partial charge in [-0.3, -0.25) is 4.79 Å². The fourth-order valence-electron chi connectivity index (χ4n) is 0.751. The van der Waals surface area contributed by atoms with Crippen LogP contribution in [0.3, 0.4) is 0 Å². The first kappa shape index (κ1) is 11.7. The van der Waals surface area contributed by atoms with Gasteiger partial charge in [-0.05, 0) is 13.1 Å². The third-order valence-corrected chi connectivity index (χ3v) is 1.34. The van der Waals surface area contributed by atoms with Crippen LogP contribution in [0.25, 0.3) is 0 Å². The summed E-state index contributed by atoms with van der Waals surface area (Å²) in [6.07, 6.45) is 1.39. The average molecular weight is 185 g/mol. The molecule has 0 unspecified atom stereocenters. The number of hydrogen-bond acceptors (Lipinski definition) is 4. The Bertz CT molecular complexity index is 258. The lowest BCUT2D eigenvalue weighted by molar-refractivity contribution is 0.0962. The summed E-state index contributed by atoms with van der Waals surface area (Å²) in [4.78, 5) is 10.9. The molecule has 0 aromatic carbocycles. The summed E-state index contributed by atoms with van der Waals surface area (Å²) in [5, 5.41) is 2.48. The van der Waals surface area contributed by atoms with Crippen molar-refractivity contribution < 1.29 is 9.21 Å². The highest BCUT2D eigenvalue weighted by molar-refractivity contribution is 5.93. The van der Waals surface area contributed by atoms with Crippen LogP contribution in [-0.2, 0) is 6.54 Å². The highest BCUT2D eigenvalue weighted by atomic mass is 16.3. The van der Waals surface area contributed by atoms with Gasteiger partial charge in [0, 0.05) is 7.05 Å². The Morgan fingerprint density at radius 1 is 1.62 bits per heavy atom. The number of carbonyl (C=O) groups excluding carboxylic acids is 1. The standard InChI is InChI=1S/C7H10N2O2.CH5N/c1-9-7(10)5-2-6(3-8)11-4-5;1-2/h2,4H,3,8H2,1H3,(H,9,10);2H2,1H3. The lowest BCUT2D eigenvalue weighted by atomic mass is 10.3. The molecule has 1 aromatic heterocycles. The van der Waals surface area contributed by atoms with Crippen LogP contribution in [0.4, 0.5) is 0 Å². The molecule has 5 heteroatoms. The average Bonchev–Trinajstić information content (AvgIpc) is 2.68. The van der Waals surface area contributed by atoms with Crippen LogP contribution >= 0.6 is 0 Å². The normalized spacial score (nSPS) is 8.62. The zero-order valence-corrected chi connectivity index (χ0v) is 7.83. The van der Waals surface area contributed by atoms with Gasteiger partial charge < -0.3 is 21.2 Å². The summed E-state index contributed by atoms with van der Waals surface area (Å²) in [5.41, 5.74) is 10.3. The van der Waals surface area contributed by atoms with Gasteiger partial charge in [-0.2, -0.15) is 0 Å². The maximum absolute atomic E-state index is 10.9. The van der Waals surface area contributed by atoms with E-state index in [0.29, 0.717) is 17.9 Å². The zero-order valence-electron chi connectivity index (χ0n) is 7.83. The van der Waals surface area contributed by atoms with Gasteiger partial charge in [-0.1, -0.05) is 0 Å². The van der Waals surface area contributed by atoms with E-state index >= 15 is 0 Å². The van der Waals surface area contributed by atoms with Crippen molar-refractivity contribution in [3.05, 3.63) is 23.7 Å². The topological polar surface area (TPSA) is 94.3 Å². The molecule has 0 bridgehead atoms. The predicted molar refractivity (Wildman–Crippen MR) is 50.1 cm³/mol. The number of carbonyl (C=O) groups is 1. The van der Waals surface area contributed by atoms with Crippen LogP contribution in [0.1, 0.15) is 16.1 Å². The molecule has 5 nitrogen and oxygen atoms in total. The van der Waals surface area contributed by atoms with Gasteiger partial charge in [0.15, 0.2) is 0 Å². The fourth-order valence-corrected chi connectivity index (χ4v) is 0.751. The third-order valence-electron chi connectivity index (χ3n) is 1.34. The molecular formula is C8H15N3O2. The first-order chi connectivity index (χ1) is 6.27. The molecular weight excluding hydrogens is 170 g/mol. The van der Waals surface area contributed by atoms with Gasteiger partial charge in [0.25, 0.3) is 5.91 Å². The highest BCUT2D eigenvalue weighted by Gasteiger charge is 2.06. The molecule has 1 aromatic rings. The number of furan rings is 1. The van der Waals surface area contributed by atoms with E-state index in [-0.39, 0.29) is 5.91 Å². The van der Waals surface area contributed by atoms with Crippen molar-refractivity contribution in [1.82, 2.24) is 5.32 Å². The second kappa shape index (κ2) is 6.22. The van der Waals surface area contributed by atoms with Crippen LogP contribution in [0.5, 0.6) is 0 Å². The predicted octanol–water partition coefficient (Wildman–Crippen LogP) is -0.327. The van der Waals surface area contributed by atoms with Crippen LogP contribution < -0.4 is 16.8 Å². The zero-order chi connectivity index (χ0) is 10.3. The lowest BCUT2D eigenvalue weighted by Crippen LogP contribution is -2.16. The molecule has 0 saturated heterocycles. The van der Waals surface area contributed by atoms with Crippen molar-refractivity contribution in [2.24, 2.45) is 11.5 Å². The number of nitrogens with two attached hydrogens (primary N) is 2. The minimum absolute atomic E-state index is 0.159. The van der Waals surface area contributed by atoms with E-state index in [4.69, 9.17) is 10.2 Å². The Balaban J connectivity index is 0.000000671. The van der Waals surface area contributed by atoms with E-state index in [2.05, 4.69) is 11.1 Å². The van der Waals surface area contributed by atoms with Gasteiger partial charge in [0.1, 0.15) is 12.0 Å². The van der Waals surface area contributed by atoms with E-state index in [9.17, 15) is 4.79 Å². The molecule has 0 radical (unpaired) electrons. The van der Waals surface area contributed by atoms with Crippen LogP contribution in [-0.4, -0.2) is 20.0 Å². The van der Waals surface area contributed by atoms with Crippen molar-refractivity contribution in [2.75, 3.05) is 14.1 Å². The molecule has 0 fully saturated rings. The van der Waals surface area contributed by atoms with Crippen molar-refractivity contribution in [2.45, 2.75) is 6.54 Å². The molecule has 0 aliphatic heterocycles. The molecule has 5 N–H and O–H groups in total. The summed E-state index contributed by atoms with van der Waals surface area (Å²) in [7, 11) is 3.07. The maximum atomic E-state index is 10.9. The molecule has 1 rings (SSSR count). The van der Waals surface area contributed by atoms with Crippen molar-refractivity contribution in [3.63, 3.8) is 0 Å². The Labute approximate surface area is 77.1 Å². The largest absolute Gasteiger partial charge is 0.467 e. The SMILES string of the molecule is CN.CNC(=O)c1coc(CN)c1. The van der Waals surface area contributed by atoms with Crippen LogP contribution in [0.2, 0.25) is 0 Å². The number of amides is 1. The summed E-state index contributed by atoms with van der Waals surface area (Å²) < 4.78 is 4.95. The van der Waals surface area contributed by atoms with Crippen molar-refractivity contribution in [1.29, 1.82) is 0 Å². The molecule has 0 aliphatic rings. The molecule has 0 atom stereocenters. The van der Waals surface area contributed by atoms with Gasteiger partial charge in [0.2, 0.25) is 0 Å². The third kappa shape index (κ3) is 3.27. The second-order valence-electron chi connectivity index (χ2n) is 2.08. The smallest absolute Gasteiger partial charge is 0.254 e. The first-order valence-corrected chi connectivity index (χ1v) is 3.85. The fraction of sp³-hybridized carbons (Fsp3) is 0.375. The summed E-state index contributed by atoms with van der Waals surface area (Å²) in [6.45, 7) is 0.316. The summed E-state index contributed by atoms with van der Waals surface area (Å²) in [5.74, 6) is 0.456. The summed E-state index contributed by atoms with van der Waals surface area (Å²) in [6, 6.07) is 1.62. The van der Waals surface area contributed by atoms with Crippen molar-refractivity contribution >= 4 is 5.91 Å². The molecule has 0 spiro atoms. The number of hydrogen-bond donors (Lipinski definition) is 3. The molecule has 1 amide bonds. The van der Waals surface area contributed by atoms with Crippen LogP contribution in [0.15, 0.2) is 16.7 Å². The monoisotopic (exact) mass is 185 g/mol. The molecule has 0 saturated carbocycles. The molecule has 74 valence electrons. The van der Waals surface area contributed by atoms with E-state index in [1.54, 1.807) is 13.1 Å². The maximum Gasteiger partial charge on any atom is 0.254 e. The first-order valence-electron chi connectivity index (χ1n) is 3.85. The Morgan fingerprint density at radius 3 is 2.62 bits per heavy atom. The Morgan fingerprint density at radius 2 is 2.23 bits per heavy atom. The van der Waals surface area contributed by atoms with E-state index in [1.807, 2.05) is 0 Å². The van der Waals surface area contributed by atoms with Gasteiger partial charge in [0.05, 0.1) is 12.1 Å². The minimum Gasteiger partial charge on any atom is -0.467 e. The number of rotatable bonds is 2. The van der Waals surface area contributed by atoms with E-state index in [0.717, 1.165) is 0 Å². The Kier molecular flexibility index (Phi) is 5.58.